The molecule has 0 radical (unpaired) electrons. The molecule has 0 bridgehead atoms. The maximum absolute atomic E-state index is 12.8. The fourth-order valence-electron chi connectivity index (χ4n) is 2.14. The predicted molar refractivity (Wildman–Crippen MR) is 78.5 cm³/mol. The number of alkyl halides is 3. The van der Waals surface area contributed by atoms with E-state index in [1.54, 1.807) is 12.1 Å². The lowest BCUT2D eigenvalue weighted by atomic mass is 9.98. The fourth-order valence-corrected chi connectivity index (χ4v) is 2.56. The van der Waals surface area contributed by atoms with Gasteiger partial charge in [-0.2, -0.15) is 13.2 Å². The highest BCUT2D eigenvalue weighted by Crippen LogP contribution is 2.32. The van der Waals surface area contributed by atoms with Crippen LogP contribution in [0, 0.1) is 13.8 Å². The van der Waals surface area contributed by atoms with E-state index in [1.165, 1.54) is 6.07 Å². The van der Waals surface area contributed by atoms with Crippen LogP contribution in [0.3, 0.4) is 0 Å². The lowest BCUT2D eigenvalue weighted by Crippen LogP contribution is -2.09. The van der Waals surface area contributed by atoms with Crippen molar-refractivity contribution in [3.05, 3.63) is 68.7 Å². The summed E-state index contributed by atoms with van der Waals surface area (Å²) in [6, 6.07) is 8.31. The molecule has 0 spiro atoms. The van der Waals surface area contributed by atoms with Gasteiger partial charge in [0.25, 0.3) is 0 Å². The number of carbonyl (C=O) groups is 1. The Morgan fingerprint density at radius 3 is 2.10 bits per heavy atom. The van der Waals surface area contributed by atoms with E-state index in [1.807, 2.05) is 19.9 Å². The average molecular weight is 357 g/mol. The van der Waals surface area contributed by atoms with Gasteiger partial charge in [-0.25, -0.2) is 0 Å². The molecule has 2 aromatic carbocycles. The molecular formula is C16H12BrF3O. The second-order valence-corrected chi connectivity index (χ2v) is 5.75. The molecule has 2 rings (SSSR count). The Balaban J connectivity index is 2.52. The van der Waals surface area contributed by atoms with E-state index >= 15 is 0 Å². The third kappa shape index (κ3) is 3.53. The van der Waals surface area contributed by atoms with Crippen molar-refractivity contribution in [2.24, 2.45) is 0 Å². The first kappa shape index (κ1) is 15.8. The summed E-state index contributed by atoms with van der Waals surface area (Å²) in [4.78, 5) is 12.5. The summed E-state index contributed by atoms with van der Waals surface area (Å²) in [6.07, 6.45) is -4.47. The number of carbonyl (C=O) groups excluding carboxylic acids is 1. The summed E-state index contributed by atoms with van der Waals surface area (Å²) in [5, 5.41) is 0. The number of rotatable bonds is 2. The second kappa shape index (κ2) is 5.64. The first-order valence-corrected chi connectivity index (χ1v) is 6.97. The Labute approximate surface area is 128 Å². The number of halogens is 4. The first-order chi connectivity index (χ1) is 9.68. The Morgan fingerprint density at radius 2 is 1.57 bits per heavy atom. The van der Waals surface area contributed by atoms with Gasteiger partial charge in [0.2, 0.25) is 0 Å². The minimum absolute atomic E-state index is 0.00910. The van der Waals surface area contributed by atoms with Crippen molar-refractivity contribution in [1.29, 1.82) is 0 Å². The monoisotopic (exact) mass is 356 g/mol. The molecule has 0 aromatic heterocycles. The quantitative estimate of drug-likeness (QED) is 0.666. The van der Waals surface area contributed by atoms with E-state index in [0.29, 0.717) is 10.0 Å². The van der Waals surface area contributed by atoms with E-state index < -0.39 is 17.5 Å². The van der Waals surface area contributed by atoms with Gasteiger partial charge in [0, 0.05) is 15.6 Å². The summed E-state index contributed by atoms with van der Waals surface area (Å²) in [5.74, 6) is -0.431. The third-order valence-electron chi connectivity index (χ3n) is 3.02. The van der Waals surface area contributed by atoms with Crippen LogP contribution < -0.4 is 0 Å². The highest BCUT2D eigenvalue weighted by Gasteiger charge is 2.31. The van der Waals surface area contributed by atoms with Crippen LogP contribution in [0.2, 0.25) is 0 Å². The van der Waals surface area contributed by atoms with E-state index in [2.05, 4.69) is 15.9 Å². The molecule has 0 unspecified atom stereocenters. The Morgan fingerprint density at radius 1 is 1.00 bits per heavy atom. The zero-order valence-corrected chi connectivity index (χ0v) is 13.0. The van der Waals surface area contributed by atoms with Crippen molar-refractivity contribution in [1.82, 2.24) is 0 Å². The molecule has 0 aliphatic heterocycles. The molecule has 0 N–H and O–H groups in total. The fraction of sp³-hybridized carbons (Fsp3) is 0.188. The van der Waals surface area contributed by atoms with Gasteiger partial charge in [0.15, 0.2) is 5.78 Å². The molecule has 0 fully saturated rings. The van der Waals surface area contributed by atoms with E-state index in [9.17, 15) is 18.0 Å². The van der Waals surface area contributed by atoms with Gasteiger partial charge in [-0.3, -0.25) is 4.79 Å². The molecule has 21 heavy (non-hydrogen) atoms. The maximum Gasteiger partial charge on any atom is 0.416 e. The van der Waals surface area contributed by atoms with Crippen molar-refractivity contribution in [3.63, 3.8) is 0 Å². The number of hydrogen-bond acceptors (Lipinski definition) is 1. The van der Waals surface area contributed by atoms with E-state index in [4.69, 9.17) is 0 Å². The largest absolute Gasteiger partial charge is 0.416 e. The summed E-state index contributed by atoms with van der Waals surface area (Å²) in [6.45, 7) is 3.68. The van der Waals surface area contributed by atoms with Gasteiger partial charge in [0.1, 0.15) is 0 Å². The number of hydrogen-bond donors (Lipinski definition) is 0. The summed E-state index contributed by atoms with van der Waals surface area (Å²) in [5.41, 5.74) is 1.34. The van der Waals surface area contributed by atoms with Crippen LogP contribution in [-0.4, -0.2) is 5.78 Å². The zero-order chi connectivity index (χ0) is 15.8. The molecule has 0 heterocycles. The predicted octanol–water partition coefficient (Wildman–Crippen LogP) is 5.32. The molecule has 0 atom stereocenters. The van der Waals surface area contributed by atoms with Crippen molar-refractivity contribution in [3.8, 4) is 0 Å². The Hall–Kier alpha value is -1.62. The highest BCUT2D eigenvalue weighted by molar-refractivity contribution is 9.10. The van der Waals surface area contributed by atoms with Gasteiger partial charge >= 0.3 is 6.18 Å². The van der Waals surface area contributed by atoms with Crippen molar-refractivity contribution < 1.29 is 18.0 Å². The van der Waals surface area contributed by atoms with Crippen molar-refractivity contribution >= 4 is 21.7 Å². The van der Waals surface area contributed by atoms with Gasteiger partial charge in [-0.05, 0) is 44.2 Å². The maximum atomic E-state index is 12.8. The van der Waals surface area contributed by atoms with E-state index in [-0.39, 0.29) is 5.56 Å². The molecule has 110 valence electrons. The number of aryl methyl sites for hydroxylation is 2. The van der Waals surface area contributed by atoms with Gasteiger partial charge in [-0.1, -0.05) is 33.1 Å². The van der Waals surface area contributed by atoms with Crippen LogP contribution in [0.15, 0.2) is 40.9 Å². The summed E-state index contributed by atoms with van der Waals surface area (Å²) >= 11 is 3.14. The van der Waals surface area contributed by atoms with Gasteiger partial charge in [0.05, 0.1) is 5.56 Å². The zero-order valence-electron chi connectivity index (χ0n) is 11.4. The molecule has 0 amide bonds. The Kier molecular flexibility index (Phi) is 4.23. The summed E-state index contributed by atoms with van der Waals surface area (Å²) < 4.78 is 38.6. The first-order valence-electron chi connectivity index (χ1n) is 6.18. The molecule has 1 nitrogen and oxygen atoms in total. The molecular weight excluding hydrogens is 345 g/mol. The molecule has 0 aliphatic carbocycles. The molecule has 0 aliphatic rings. The van der Waals surface area contributed by atoms with Crippen LogP contribution in [0.1, 0.15) is 32.6 Å². The number of benzene rings is 2. The van der Waals surface area contributed by atoms with Crippen LogP contribution in [-0.2, 0) is 6.18 Å². The Bertz CT molecular complexity index is 685. The average Bonchev–Trinajstić information content (AvgIpc) is 2.36. The third-order valence-corrected chi connectivity index (χ3v) is 3.71. The van der Waals surface area contributed by atoms with Crippen LogP contribution in [0.5, 0.6) is 0 Å². The minimum Gasteiger partial charge on any atom is -0.289 e. The van der Waals surface area contributed by atoms with Gasteiger partial charge < -0.3 is 0 Å². The topological polar surface area (TPSA) is 17.1 Å². The highest BCUT2D eigenvalue weighted by atomic mass is 79.9. The van der Waals surface area contributed by atoms with Crippen LogP contribution >= 0.6 is 15.9 Å². The van der Waals surface area contributed by atoms with E-state index in [0.717, 1.165) is 23.3 Å². The smallest absolute Gasteiger partial charge is 0.289 e. The van der Waals surface area contributed by atoms with Crippen LogP contribution in [0.25, 0.3) is 0 Å². The SMILES string of the molecule is Cc1cc(C)cc(C(=O)c2cc(C(F)(F)F)ccc2Br)c1. The molecule has 5 heteroatoms. The lowest BCUT2D eigenvalue weighted by molar-refractivity contribution is -0.137. The second-order valence-electron chi connectivity index (χ2n) is 4.90. The van der Waals surface area contributed by atoms with Crippen LogP contribution in [0.4, 0.5) is 13.2 Å². The summed E-state index contributed by atoms with van der Waals surface area (Å²) in [7, 11) is 0. The standard InChI is InChI=1S/C16H12BrF3O/c1-9-5-10(2)7-11(6-9)15(21)13-8-12(16(18,19)20)3-4-14(13)17/h3-8H,1-2H3. The van der Waals surface area contributed by atoms with Crippen molar-refractivity contribution in [2.45, 2.75) is 20.0 Å². The minimum atomic E-state index is -4.47. The molecule has 0 saturated carbocycles. The lowest BCUT2D eigenvalue weighted by Gasteiger charge is -2.11. The van der Waals surface area contributed by atoms with Crippen molar-refractivity contribution in [2.75, 3.05) is 0 Å². The molecule has 0 saturated heterocycles. The number of ketones is 1. The van der Waals surface area contributed by atoms with Gasteiger partial charge in [-0.15, -0.1) is 0 Å². The normalized spacial score (nSPS) is 11.5. The molecule has 2 aromatic rings.